The van der Waals surface area contributed by atoms with Gasteiger partial charge in [-0.05, 0) is 83.7 Å². The van der Waals surface area contributed by atoms with Crippen LogP contribution in [0.25, 0.3) is 42.1 Å². The highest BCUT2D eigenvalue weighted by atomic mass is 32.1. The smallest absolute Gasteiger partial charge is 0.0618 e. The first-order valence-corrected chi connectivity index (χ1v) is 17.4. The Balaban J connectivity index is 1.20. The van der Waals surface area contributed by atoms with Gasteiger partial charge in [0.15, 0.2) is 0 Å². The van der Waals surface area contributed by atoms with Crippen molar-refractivity contribution in [2.45, 2.75) is 0 Å². The number of nitrogens with zero attached hydrogens (tertiary/aromatic N) is 2. The van der Waals surface area contributed by atoms with Crippen molar-refractivity contribution in [1.82, 2.24) is 0 Å². The number of thiophene rings is 1. The van der Waals surface area contributed by atoms with Crippen molar-refractivity contribution in [3.05, 3.63) is 194 Å². The van der Waals surface area contributed by atoms with Crippen molar-refractivity contribution in [3.63, 3.8) is 0 Å². The van der Waals surface area contributed by atoms with E-state index in [9.17, 15) is 0 Å². The lowest BCUT2D eigenvalue weighted by molar-refractivity contribution is 1.28. The van der Waals surface area contributed by atoms with Gasteiger partial charge in [-0.3, -0.25) is 0 Å². The molecule has 0 unspecified atom stereocenters. The van der Waals surface area contributed by atoms with Gasteiger partial charge in [0.2, 0.25) is 0 Å². The summed E-state index contributed by atoms with van der Waals surface area (Å²) >= 11 is 1.85. The molecule has 232 valence electrons. The molecule has 9 aromatic rings. The van der Waals surface area contributed by atoms with Crippen LogP contribution < -0.4 is 9.80 Å². The molecule has 0 aliphatic heterocycles. The van der Waals surface area contributed by atoms with E-state index in [0.717, 1.165) is 39.7 Å². The Bertz CT molecular complexity index is 2500. The Kier molecular flexibility index (Phi) is 7.38. The SMILES string of the molecule is c1ccc(N(c2ccc(-c3ccc4ccccc4c3N(c3ccccc3)c3ccccc3)cc2)c2ccc3sc4ccccc4c3c2)cc1. The van der Waals surface area contributed by atoms with Crippen LogP contribution in [0.3, 0.4) is 0 Å². The van der Waals surface area contributed by atoms with Crippen LogP contribution in [0.4, 0.5) is 34.1 Å². The van der Waals surface area contributed by atoms with Crippen molar-refractivity contribution >= 4 is 76.4 Å². The summed E-state index contributed by atoms with van der Waals surface area (Å²) in [4.78, 5) is 4.75. The molecule has 0 aliphatic rings. The topological polar surface area (TPSA) is 6.48 Å². The average Bonchev–Trinajstić information content (AvgIpc) is 3.55. The third-order valence-electron chi connectivity index (χ3n) is 9.22. The molecule has 8 aromatic carbocycles. The van der Waals surface area contributed by atoms with E-state index >= 15 is 0 Å². The number of hydrogen-bond donors (Lipinski definition) is 0. The quantitative estimate of drug-likeness (QED) is 0.170. The van der Waals surface area contributed by atoms with Gasteiger partial charge in [0, 0.05) is 59.6 Å². The summed E-state index contributed by atoms with van der Waals surface area (Å²) in [6.07, 6.45) is 0. The lowest BCUT2D eigenvalue weighted by atomic mass is 9.96. The molecule has 0 spiro atoms. The molecule has 1 heterocycles. The Labute approximate surface area is 290 Å². The van der Waals surface area contributed by atoms with Gasteiger partial charge in [-0.25, -0.2) is 0 Å². The van der Waals surface area contributed by atoms with Gasteiger partial charge in [0.25, 0.3) is 0 Å². The fourth-order valence-corrected chi connectivity index (χ4v) is 8.04. The predicted molar refractivity (Wildman–Crippen MR) is 212 cm³/mol. The fourth-order valence-electron chi connectivity index (χ4n) is 6.96. The third kappa shape index (κ3) is 5.31. The van der Waals surface area contributed by atoms with Gasteiger partial charge >= 0.3 is 0 Å². The Morgan fingerprint density at radius 2 is 0.837 bits per heavy atom. The number of anilines is 6. The summed E-state index contributed by atoms with van der Waals surface area (Å²) in [5, 5.41) is 5.01. The second kappa shape index (κ2) is 12.5. The van der Waals surface area contributed by atoms with E-state index in [0.29, 0.717) is 0 Å². The minimum absolute atomic E-state index is 1.11. The summed E-state index contributed by atoms with van der Waals surface area (Å²) in [6, 6.07) is 69.8. The highest BCUT2D eigenvalue weighted by Crippen LogP contribution is 2.46. The van der Waals surface area contributed by atoms with Crippen molar-refractivity contribution in [1.29, 1.82) is 0 Å². The van der Waals surface area contributed by atoms with Crippen molar-refractivity contribution in [2.24, 2.45) is 0 Å². The summed E-state index contributed by atoms with van der Waals surface area (Å²) in [5.74, 6) is 0. The second-order valence-corrected chi connectivity index (χ2v) is 13.3. The number of hydrogen-bond acceptors (Lipinski definition) is 3. The minimum atomic E-state index is 1.11. The molecule has 0 radical (unpaired) electrons. The molecule has 3 heteroatoms. The summed E-state index contributed by atoms with van der Waals surface area (Å²) in [6.45, 7) is 0. The zero-order valence-electron chi connectivity index (χ0n) is 26.8. The van der Waals surface area contributed by atoms with Crippen LogP contribution >= 0.6 is 11.3 Å². The van der Waals surface area contributed by atoms with Crippen LogP contribution in [-0.2, 0) is 0 Å². The molecule has 0 aliphatic carbocycles. The number of para-hydroxylation sites is 3. The van der Waals surface area contributed by atoms with E-state index < -0.39 is 0 Å². The molecule has 0 amide bonds. The zero-order chi connectivity index (χ0) is 32.6. The molecule has 1 aromatic heterocycles. The van der Waals surface area contributed by atoms with Gasteiger partial charge < -0.3 is 9.80 Å². The van der Waals surface area contributed by atoms with Gasteiger partial charge in [-0.15, -0.1) is 11.3 Å². The maximum absolute atomic E-state index is 2.39. The molecule has 9 rings (SSSR count). The van der Waals surface area contributed by atoms with Gasteiger partial charge in [0.05, 0.1) is 5.69 Å². The predicted octanol–water partition coefficient (Wildman–Crippen LogP) is 13.8. The molecule has 0 saturated heterocycles. The monoisotopic (exact) mass is 644 g/mol. The maximum Gasteiger partial charge on any atom is 0.0618 e. The first-order valence-electron chi connectivity index (χ1n) is 16.6. The Morgan fingerprint density at radius 3 is 1.51 bits per heavy atom. The first kappa shape index (κ1) is 29.0. The molecule has 0 atom stereocenters. The van der Waals surface area contributed by atoms with Crippen LogP contribution in [0.15, 0.2) is 194 Å². The fraction of sp³-hybridized carbons (Fsp3) is 0. The summed E-state index contributed by atoms with van der Waals surface area (Å²) in [7, 11) is 0. The first-order chi connectivity index (χ1) is 24.3. The largest absolute Gasteiger partial charge is 0.310 e. The van der Waals surface area contributed by atoms with E-state index in [1.54, 1.807) is 0 Å². The van der Waals surface area contributed by atoms with Crippen LogP contribution in [0.5, 0.6) is 0 Å². The Morgan fingerprint density at radius 1 is 0.327 bits per heavy atom. The molecule has 0 saturated carbocycles. The van der Waals surface area contributed by atoms with E-state index in [2.05, 4.69) is 204 Å². The summed E-state index contributed by atoms with van der Waals surface area (Å²) in [5.41, 5.74) is 9.12. The molecule has 2 nitrogen and oxygen atoms in total. The number of benzene rings is 8. The van der Waals surface area contributed by atoms with E-state index in [1.807, 2.05) is 11.3 Å². The van der Waals surface area contributed by atoms with E-state index in [-0.39, 0.29) is 0 Å². The Hall–Kier alpha value is -6.16. The van der Waals surface area contributed by atoms with Crippen LogP contribution in [0, 0.1) is 0 Å². The molecular weight excluding hydrogens is 613 g/mol. The average molecular weight is 645 g/mol. The third-order valence-corrected chi connectivity index (χ3v) is 10.4. The zero-order valence-corrected chi connectivity index (χ0v) is 27.6. The van der Waals surface area contributed by atoms with Gasteiger partial charge in [-0.1, -0.05) is 121 Å². The second-order valence-electron chi connectivity index (χ2n) is 12.2. The minimum Gasteiger partial charge on any atom is -0.310 e. The highest BCUT2D eigenvalue weighted by molar-refractivity contribution is 7.25. The molecule has 49 heavy (non-hydrogen) atoms. The van der Waals surface area contributed by atoms with Crippen molar-refractivity contribution < 1.29 is 0 Å². The molecule has 0 fully saturated rings. The van der Waals surface area contributed by atoms with Crippen LogP contribution in [0.1, 0.15) is 0 Å². The van der Waals surface area contributed by atoms with Crippen LogP contribution in [-0.4, -0.2) is 0 Å². The van der Waals surface area contributed by atoms with E-state index in [1.165, 1.54) is 36.5 Å². The molecular formula is C46H32N2S. The van der Waals surface area contributed by atoms with Crippen molar-refractivity contribution in [2.75, 3.05) is 9.80 Å². The van der Waals surface area contributed by atoms with E-state index in [4.69, 9.17) is 0 Å². The summed E-state index contributed by atoms with van der Waals surface area (Å²) < 4.78 is 2.62. The molecule has 0 bridgehead atoms. The number of rotatable bonds is 7. The van der Waals surface area contributed by atoms with Crippen LogP contribution in [0.2, 0.25) is 0 Å². The van der Waals surface area contributed by atoms with Gasteiger partial charge in [-0.2, -0.15) is 0 Å². The maximum atomic E-state index is 2.39. The highest BCUT2D eigenvalue weighted by Gasteiger charge is 2.21. The lowest BCUT2D eigenvalue weighted by Crippen LogP contribution is -2.12. The van der Waals surface area contributed by atoms with Crippen molar-refractivity contribution in [3.8, 4) is 11.1 Å². The normalized spacial score (nSPS) is 11.3. The number of fused-ring (bicyclic) bond motifs is 4. The lowest BCUT2D eigenvalue weighted by Gasteiger charge is -2.29. The molecule has 0 N–H and O–H groups in total. The van der Waals surface area contributed by atoms with Gasteiger partial charge in [0.1, 0.15) is 0 Å². The standard InChI is InChI=1S/C46H32N2S/c1-4-15-35(16-5-1)47(39-29-31-45-43(32-39)42-22-12-13-23-44(42)49-45)38-27-24-34(25-28-38)41-30-26-33-14-10-11-21-40(33)46(41)48(36-17-6-2-7-18-36)37-19-8-3-9-20-37/h1-32H.